The fraction of sp³-hybridized carbons (Fsp3) is 0.364. The van der Waals surface area contributed by atoms with Crippen molar-refractivity contribution in [1.29, 1.82) is 0 Å². The number of carbonyl (C=O) groups excluding carboxylic acids is 1. The second-order valence-corrected chi connectivity index (χ2v) is 6.79. The van der Waals surface area contributed by atoms with E-state index in [1.54, 1.807) is 20.0 Å². The van der Waals surface area contributed by atoms with Gasteiger partial charge in [-0.2, -0.15) is 0 Å². The van der Waals surface area contributed by atoms with Gasteiger partial charge in [0.05, 0.1) is 6.54 Å². The number of hydrogen-bond acceptors (Lipinski definition) is 3. The normalized spacial score (nSPS) is 13.0. The van der Waals surface area contributed by atoms with Crippen molar-refractivity contribution in [3.05, 3.63) is 71.3 Å². The molecule has 0 saturated heterocycles. The maximum Gasteiger partial charge on any atom is 0.251 e. The van der Waals surface area contributed by atoms with Gasteiger partial charge in [-0.05, 0) is 43.5 Å². The van der Waals surface area contributed by atoms with Crippen molar-refractivity contribution in [1.82, 2.24) is 16.0 Å². The van der Waals surface area contributed by atoms with Crippen LogP contribution in [0.2, 0.25) is 0 Å². The van der Waals surface area contributed by atoms with E-state index in [1.165, 1.54) is 0 Å². The minimum Gasteiger partial charge on any atom is -0.384 e. The third kappa shape index (κ3) is 8.02. The molecule has 0 aliphatic rings. The largest absolute Gasteiger partial charge is 0.384 e. The molecule has 0 spiro atoms. The third-order valence-electron chi connectivity index (χ3n) is 4.41. The molecule has 0 saturated carbocycles. The topological polar surface area (TPSA) is 85.8 Å². The Morgan fingerprint density at radius 1 is 1.10 bits per heavy atom. The summed E-state index contributed by atoms with van der Waals surface area (Å²) < 4.78 is 0. The number of halogens is 1. The highest BCUT2D eigenvalue weighted by molar-refractivity contribution is 14.0. The smallest absolute Gasteiger partial charge is 0.251 e. The van der Waals surface area contributed by atoms with Gasteiger partial charge < -0.3 is 21.1 Å². The van der Waals surface area contributed by atoms with E-state index >= 15 is 0 Å². The Kier molecular flexibility index (Phi) is 10.7. The van der Waals surface area contributed by atoms with E-state index in [0.29, 0.717) is 18.1 Å². The summed E-state index contributed by atoms with van der Waals surface area (Å²) in [6, 6.07) is 17.1. The molecule has 0 aliphatic heterocycles. The zero-order valence-electron chi connectivity index (χ0n) is 17.2. The second kappa shape index (κ2) is 12.4. The van der Waals surface area contributed by atoms with Gasteiger partial charge in [0.1, 0.15) is 5.60 Å². The van der Waals surface area contributed by atoms with Gasteiger partial charge in [-0.1, -0.05) is 42.5 Å². The lowest BCUT2D eigenvalue weighted by Gasteiger charge is -2.22. The molecule has 0 radical (unpaired) electrons. The summed E-state index contributed by atoms with van der Waals surface area (Å²) in [7, 11) is 1.63. The van der Waals surface area contributed by atoms with E-state index in [1.807, 2.05) is 55.5 Å². The Balaban J connectivity index is 0.00000420. The second-order valence-electron chi connectivity index (χ2n) is 6.79. The molecule has 6 nitrogen and oxygen atoms in total. The number of nitrogens with zero attached hydrogens (tertiary/aromatic N) is 1. The molecular weight excluding hydrogens is 479 g/mol. The highest BCUT2D eigenvalue weighted by Crippen LogP contribution is 2.20. The highest BCUT2D eigenvalue weighted by atomic mass is 127. The zero-order chi connectivity index (χ0) is 20.4. The van der Waals surface area contributed by atoms with E-state index < -0.39 is 5.60 Å². The lowest BCUT2D eigenvalue weighted by molar-refractivity contribution is 0.0672. The molecule has 1 amide bonds. The van der Waals surface area contributed by atoms with Crippen LogP contribution in [0.5, 0.6) is 0 Å². The molecule has 1 atom stereocenters. The molecule has 0 aromatic heterocycles. The zero-order valence-corrected chi connectivity index (χ0v) is 19.6. The van der Waals surface area contributed by atoms with Gasteiger partial charge >= 0.3 is 0 Å². The predicted octanol–water partition coefficient (Wildman–Crippen LogP) is 2.67. The first-order valence-corrected chi connectivity index (χ1v) is 9.57. The molecule has 7 heteroatoms. The summed E-state index contributed by atoms with van der Waals surface area (Å²) in [5.41, 5.74) is 1.52. The van der Waals surface area contributed by atoms with Gasteiger partial charge in [0.2, 0.25) is 0 Å². The van der Waals surface area contributed by atoms with Crippen LogP contribution in [0.4, 0.5) is 0 Å². The number of nitrogens with one attached hydrogen (secondary N) is 3. The third-order valence-corrected chi connectivity index (χ3v) is 4.41. The van der Waals surface area contributed by atoms with E-state index in [-0.39, 0.29) is 36.4 Å². The number of carbonyl (C=O) groups is 1. The van der Waals surface area contributed by atoms with Crippen molar-refractivity contribution in [2.45, 2.75) is 25.9 Å². The lowest BCUT2D eigenvalue weighted by Crippen LogP contribution is -2.39. The van der Waals surface area contributed by atoms with Crippen LogP contribution < -0.4 is 16.0 Å². The number of aliphatic imine (C=N–C) groups is 1. The monoisotopic (exact) mass is 510 g/mol. The number of aliphatic hydroxyl groups is 1. The standard InChI is InChI=1S/C22H30N4O2.HI/c1-4-24-21(26-16-22(2,28)19-11-6-5-7-12-19)25-14-13-17-9-8-10-18(15-17)20(27)23-3;/h5-12,15,28H,4,13-14,16H2,1-3H3,(H,23,27)(H2,24,25,26);1H. The van der Waals surface area contributed by atoms with E-state index in [0.717, 1.165) is 24.1 Å². The molecule has 2 rings (SSSR count). The molecule has 29 heavy (non-hydrogen) atoms. The minimum absolute atomic E-state index is 0. The van der Waals surface area contributed by atoms with Crippen molar-refractivity contribution in [2.24, 2.45) is 4.99 Å². The Morgan fingerprint density at radius 3 is 2.48 bits per heavy atom. The van der Waals surface area contributed by atoms with Gasteiger partial charge in [0.15, 0.2) is 5.96 Å². The van der Waals surface area contributed by atoms with Crippen LogP contribution in [-0.2, 0) is 12.0 Å². The minimum atomic E-state index is -1.04. The Morgan fingerprint density at radius 2 is 1.83 bits per heavy atom. The first-order chi connectivity index (χ1) is 13.5. The Bertz CT molecular complexity index is 794. The predicted molar refractivity (Wildman–Crippen MR) is 129 cm³/mol. The highest BCUT2D eigenvalue weighted by Gasteiger charge is 2.22. The molecular formula is C22H31IN4O2. The molecule has 0 fully saturated rings. The maximum atomic E-state index is 11.7. The summed E-state index contributed by atoms with van der Waals surface area (Å²) in [6.45, 7) is 5.40. The molecule has 0 bridgehead atoms. The molecule has 4 N–H and O–H groups in total. The summed E-state index contributed by atoms with van der Waals surface area (Å²) in [5, 5.41) is 19.8. The van der Waals surface area contributed by atoms with Crippen LogP contribution in [0.3, 0.4) is 0 Å². The van der Waals surface area contributed by atoms with E-state index in [9.17, 15) is 9.90 Å². The number of rotatable bonds is 8. The average molecular weight is 510 g/mol. The maximum absolute atomic E-state index is 11.7. The van der Waals surface area contributed by atoms with Gasteiger partial charge in [0, 0.05) is 25.7 Å². The molecule has 1 unspecified atom stereocenters. The molecule has 158 valence electrons. The number of guanidine groups is 1. The quantitative estimate of drug-likeness (QED) is 0.250. The van der Waals surface area contributed by atoms with E-state index in [4.69, 9.17) is 0 Å². The van der Waals surface area contributed by atoms with Crippen molar-refractivity contribution in [3.8, 4) is 0 Å². The first kappa shape index (κ1) is 24.9. The molecule has 2 aromatic carbocycles. The van der Waals surface area contributed by atoms with Crippen LogP contribution in [0, 0.1) is 0 Å². The van der Waals surface area contributed by atoms with Gasteiger partial charge in [-0.25, -0.2) is 4.99 Å². The Hall–Kier alpha value is -2.13. The first-order valence-electron chi connectivity index (χ1n) is 9.57. The van der Waals surface area contributed by atoms with Crippen LogP contribution >= 0.6 is 24.0 Å². The SMILES string of the molecule is CCNC(=NCC(C)(O)c1ccccc1)NCCc1cccc(C(=O)NC)c1.I. The van der Waals surface area contributed by atoms with Crippen molar-refractivity contribution in [2.75, 3.05) is 26.7 Å². The van der Waals surface area contributed by atoms with Crippen LogP contribution in [0.25, 0.3) is 0 Å². The fourth-order valence-electron chi connectivity index (χ4n) is 2.80. The lowest BCUT2D eigenvalue weighted by atomic mass is 9.96. The Labute approximate surface area is 190 Å². The fourth-order valence-corrected chi connectivity index (χ4v) is 2.80. The number of benzene rings is 2. The summed E-state index contributed by atoms with van der Waals surface area (Å²) >= 11 is 0. The molecule has 0 aliphatic carbocycles. The van der Waals surface area contributed by atoms with Crippen LogP contribution in [0.15, 0.2) is 59.6 Å². The molecule has 0 heterocycles. The van der Waals surface area contributed by atoms with Crippen molar-refractivity contribution >= 4 is 35.8 Å². The molecule has 2 aromatic rings. The number of amides is 1. The summed E-state index contributed by atoms with van der Waals surface area (Å²) in [4.78, 5) is 16.3. The van der Waals surface area contributed by atoms with Gasteiger partial charge in [-0.3, -0.25) is 4.79 Å². The van der Waals surface area contributed by atoms with Crippen molar-refractivity contribution in [3.63, 3.8) is 0 Å². The van der Waals surface area contributed by atoms with E-state index in [2.05, 4.69) is 20.9 Å². The van der Waals surface area contributed by atoms with Crippen molar-refractivity contribution < 1.29 is 9.90 Å². The summed E-state index contributed by atoms with van der Waals surface area (Å²) in [6.07, 6.45) is 0.754. The van der Waals surface area contributed by atoms with Crippen LogP contribution in [0.1, 0.15) is 35.3 Å². The average Bonchev–Trinajstić information content (AvgIpc) is 2.72. The van der Waals surface area contributed by atoms with Gasteiger partial charge in [0.25, 0.3) is 5.91 Å². The summed E-state index contributed by atoms with van der Waals surface area (Å²) in [5.74, 6) is 0.564. The van der Waals surface area contributed by atoms with Crippen LogP contribution in [-0.4, -0.2) is 43.7 Å². The number of hydrogen-bond donors (Lipinski definition) is 4. The van der Waals surface area contributed by atoms with Gasteiger partial charge in [-0.15, -0.1) is 24.0 Å².